The van der Waals surface area contributed by atoms with Crippen LogP contribution in [0, 0.1) is 6.92 Å². The number of aromatic nitrogens is 2. The highest BCUT2D eigenvalue weighted by Gasteiger charge is 2.14. The summed E-state index contributed by atoms with van der Waals surface area (Å²) in [7, 11) is 0. The van der Waals surface area contributed by atoms with Crippen LogP contribution in [0.1, 0.15) is 5.82 Å². The van der Waals surface area contributed by atoms with Gasteiger partial charge in [0.2, 0.25) is 0 Å². The molecule has 0 saturated carbocycles. The fourth-order valence-electron chi connectivity index (χ4n) is 2.16. The Labute approximate surface area is 120 Å². The number of benzene rings is 2. The summed E-state index contributed by atoms with van der Waals surface area (Å²) in [6, 6.07) is 10.4. The van der Waals surface area contributed by atoms with Gasteiger partial charge < -0.3 is 5.11 Å². The van der Waals surface area contributed by atoms with Crippen molar-refractivity contribution < 1.29 is 5.11 Å². The highest BCUT2D eigenvalue weighted by molar-refractivity contribution is 6.35. The van der Waals surface area contributed by atoms with Crippen LogP contribution < -0.4 is 0 Å². The van der Waals surface area contributed by atoms with E-state index in [-0.39, 0.29) is 5.75 Å². The van der Waals surface area contributed by atoms with E-state index in [1.165, 1.54) is 0 Å². The molecule has 0 atom stereocenters. The van der Waals surface area contributed by atoms with Crippen molar-refractivity contribution in [3.8, 4) is 11.4 Å². The molecule has 0 spiro atoms. The van der Waals surface area contributed by atoms with E-state index >= 15 is 0 Å². The molecule has 0 aliphatic heterocycles. The molecule has 3 rings (SSSR count). The van der Waals surface area contributed by atoms with Crippen LogP contribution in [0.15, 0.2) is 36.4 Å². The number of nitrogens with zero attached hydrogens (tertiary/aromatic N) is 2. The first-order valence-electron chi connectivity index (χ1n) is 5.70. The summed E-state index contributed by atoms with van der Waals surface area (Å²) in [4.78, 5) is 4.45. The molecule has 5 heteroatoms. The summed E-state index contributed by atoms with van der Waals surface area (Å²) in [5.41, 5.74) is 2.27. The Hall–Kier alpha value is -1.71. The van der Waals surface area contributed by atoms with Gasteiger partial charge in [-0.2, -0.15) is 0 Å². The molecule has 0 aliphatic carbocycles. The Kier molecular flexibility index (Phi) is 2.88. The van der Waals surface area contributed by atoms with Crippen molar-refractivity contribution >= 4 is 34.2 Å². The molecule has 3 aromatic rings. The maximum absolute atomic E-state index is 9.64. The standard InChI is InChI=1S/C14H10Cl2N2O/c1-8-17-14-11(16)3-2-4-12(14)18(8)13-7-9(19)5-6-10(13)15/h2-7,19H,1H3. The van der Waals surface area contributed by atoms with Crippen molar-refractivity contribution in [3.05, 3.63) is 52.3 Å². The summed E-state index contributed by atoms with van der Waals surface area (Å²) in [6.45, 7) is 1.87. The van der Waals surface area contributed by atoms with Gasteiger partial charge in [-0.3, -0.25) is 4.57 Å². The lowest BCUT2D eigenvalue weighted by Gasteiger charge is -2.09. The number of hydrogen-bond donors (Lipinski definition) is 1. The molecule has 1 heterocycles. The molecule has 2 aromatic carbocycles. The molecule has 96 valence electrons. The van der Waals surface area contributed by atoms with Gasteiger partial charge in [0, 0.05) is 6.07 Å². The number of hydrogen-bond acceptors (Lipinski definition) is 2. The van der Waals surface area contributed by atoms with Gasteiger partial charge in [-0.25, -0.2) is 4.98 Å². The SMILES string of the molecule is Cc1nc2c(Cl)cccc2n1-c1cc(O)ccc1Cl. The maximum Gasteiger partial charge on any atom is 0.117 e. The summed E-state index contributed by atoms with van der Waals surface area (Å²) < 4.78 is 1.88. The van der Waals surface area contributed by atoms with Gasteiger partial charge >= 0.3 is 0 Å². The van der Waals surface area contributed by atoms with Crippen LogP contribution in [0.3, 0.4) is 0 Å². The van der Waals surface area contributed by atoms with Crippen LogP contribution >= 0.6 is 23.2 Å². The molecule has 3 nitrogen and oxygen atoms in total. The van der Waals surface area contributed by atoms with Crippen molar-refractivity contribution in [1.29, 1.82) is 0 Å². The normalized spacial score (nSPS) is 11.1. The minimum Gasteiger partial charge on any atom is -0.508 e. The number of phenols is 1. The molecule has 19 heavy (non-hydrogen) atoms. The second kappa shape index (κ2) is 4.44. The van der Waals surface area contributed by atoms with Crippen molar-refractivity contribution in [3.63, 3.8) is 0 Å². The predicted octanol–water partition coefficient (Wildman–Crippen LogP) is 4.35. The van der Waals surface area contributed by atoms with Gasteiger partial charge in [0.05, 0.1) is 21.2 Å². The lowest BCUT2D eigenvalue weighted by molar-refractivity contribution is 0.475. The number of aromatic hydroxyl groups is 1. The minimum absolute atomic E-state index is 0.155. The van der Waals surface area contributed by atoms with Gasteiger partial charge in [0.25, 0.3) is 0 Å². The van der Waals surface area contributed by atoms with E-state index in [9.17, 15) is 5.11 Å². The number of phenolic OH excluding ortho intramolecular Hbond substituents is 1. The van der Waals surface area contributed by atoms with E-state index < -0.39 is 0 Å². The maximum atomic E-state index is 9.64. The smallest absolute Gasteiger partial charge is 0.117 e. The summed E-state index contributed by atoms with van der Waals surface area (Å²) in [6.07, 6.45) is 0. The summed E-state index contributed by atoms with van der Waals surface area (Å²) in [5.74, 6) is 0.915. The molecule has 1 aromatic heterocycles. The molecular formula is C14H10Cl2N2O. The summed E-state index contributed by atoms with van der Waals surface area (Å²) in [5, 5.41) is 10.8. The Morgan fingerprint density at radius 3 is 2.68 bits per heavy atom. The minimum atomic E-state index is 0.155. The third kappa shape index (κ3) is 1.95. The molecule has 1 N–H and O–H groups in total. The third-order valence-electron chi connectivity index (χ3n) is 2.97. The first kappa shape index (κ1) is 12.3. The Morgan fingerprint density at radius 2 is 1.89 bits per heavy atom. The zero-order valence-electron chi connectivity index (χ0n) is 10.1. The lowest BCUT2D eigenvalue weighted by Crippen LogP contribution is -1.97. The largest absolute Gasteiger partial charge is 0.508 e. The van der Waals surface area contributed by atoms with Crippen LogP contribution in [0.2, 0.25) is 10.0 Å². The fraction of sp³-hybridized carbons (Fsp3) is 0.0714. The molecule has 0 radical (unpaired) electrons. The van der Waals surface area contributed by atoms with Crippen LogP contribution in [0.5, 0.6) is 5.75 Å². The lowest BCUT2D eigenvalue weighted by atomic mass is 10.2. The monoisotopic (exact) mass is 292 g/mol. The van der Waals surface area contributed by atoms with Gasteiger partial charge in [-0.05, 0) is 31.2 Å². The van der Waals surface area contributed by atoms with E-state index in [0.717, 1.165) is 16.9 Å². The van der Waals surface area contributed by atoms with E-state index in [2.05, 4.69) is 4.98 Å². The zero-order valence-corrected chi connectivity index (χ0v) is 11.6. The number of fused-ring (bicyclic) bond motifs is 1. The Bertz CT molecular complexity index is 780. The predicted molar refractivity (Wildman–Crippen MR) is 77.5 cm³/mol. The topological polar surface area (TPSA) is 38.0 Å². The highest BCUT2D eigenvalue weighted by Crippen LogP contribution is 2.31. The average Bonchev–Trinajstić information content (AvgIpc) is 2.70. The molecule has 0 unspecified atom stereocenters. The van der Waals surface area contributed by atoms with Gasteiger partial charge in [-0.1, -0.05) is 29.3 Å². The van der Waals surface area contributed by atoms with E-state index in [4.69, 9.17) is 23.2 Å². The number of halogens is 2. The number of para-hydroxylation sites is 1. The van der Waals surface area contributed by atoms with Gasteiger partial charge in [0.15, 0.2) is 0 Å². The van der Waals surface area contributed by atoms with Gasteiger partial charge in [0.1, 0.15) is 17.1 Å². The van der Waals surface area contributed by atoms with E-state index in [1.807, 2.05) is 23.6 Å². The molecule has 0 fully saturated rings. The number of rotatable bonds is 1. The third-order valence-corrected chi connectivity index (χ3v) is 3.60. The van der Waals surface area contributed by atoms with Crippen molar-refractivity contribution in [2.75, 3.05) is 0 Å². The second-order valence-corrected chi connectivity index (χ2v) is 5.05. The van der Waals surface area contributed by atoms with Crippen LogP contribution in [0.25, 0.3) is 16.7 Å². The van der Waals surface area contributed by atoms with Crippen molar-refractivity contribution in [1.82, 2.24) is 9.55 Å². The molecular weight excluding hydrogens is 283 g/mol. The van der Waals surface area contributed by atoms with E-state index in [0.29, 0.717) is 15.7 Å². The van der Waals surface area contributed by atoms with Crippen LogP contribution in [-0.2, 0) is 0 Å². The van der Waals surface area contributed by atoms with Gasteiger partial charge in [-0.15, -0.1) is 0 Å². The Morgan fingerprint density at radius 1 is 1.11 bits per heavy atom. The second-order valence-electron chi connectivity index (χ2n) is 4.24. The highest BCUT2D eigenvalue weighted by atomic mass is 35.5. The molecule has 0 bridgehead atoms. The molecule has 0 amide bonds. The first-order chi connectivity index (χ1) is 9.08. The average molecular weight is 293 g/mol. The van der Waals surface area contributed by atoms with Crippen molar-refractivity contribution in [2.24, 2.45) is 0 Å². The zero-order chi connectivity index (χ0) is 13.6. The van der Waals surface area contributed by atoms with E-state index in [1.54, 1.807) is 24.3 Å². The first-order valence-corrected chi connectivity index (χ1v) is 6.46. The Balaban J connectivity index is 2.39. The van der Waals surface area contributed by atoms with Crippen LogP contribution in [0.4, 0.5) is 0 Å². The summed E-state index contributed by atoms with van der Waals surface area (Å²) >= 11 is 12.3. The fourth-order valence-corrected chi connectivity index (χ4v) is 2.57. The molecule has 0 aliphatic rings. The quantitative estimate of drug-likeness (QED) is 0.724. The van der Waals surface area contributed by atoms with Crippen LogP contribution in [-0.4, -0.2) is 14.7 Å². The van der Waals surface area contributed by atoms with Crippen molar-refractivity contribution in [2.45, 2.75) is 6.92 Å². The number of aryl methyl sites for hydroxylation is 1. The molecule has 0 saturated heterocycles. The number of imidazole rings is 1.